The molecule has 1 aliphatic rings. The quantitative estimate of drug-likeness (QED) is 0.834. The van der Waals surface area contributed by atoms with Crippen molar-refractivity contribution in [2.75, 3.05) is 11.9 Å². The van der Waals surface area contributed by atoms with Crippen molar-refractivity contribution in [1.29, 1.82) is 0 Å². The maximum absolute atomic E-state index is 13.1. The minimum absolute atomic E-state index is 0.0261. The SMILES string of the molecule is CCO[C@H]1C[C@@H](NC(=O)C(=O)Nc2cc(F)cc(F)c2)C1(C)C. The summed E-state index contributed by atoms with van der Waals surface area (Å²) in [5.41, 5.74) is -0.389. The molecule has 1 aromatic carbocycles. The van der Waals surface area contributed by atoms with Crippen LogP contribution in [0.1, 0.15) is 27.2 Å². The van der Waals surface area contributed by atoms with Gasteiger partial charge in [0.2, 0.25) is 0 Å². The van der Waals surface area contributed by atoms with Gasteiger partial charge in [0.05, 0.1) is 6.10 Å². The molecule has 2 rings (SSSR count). The van der Waals surface area contributed by atoms with Crippen LogP contribution in [-0.2, 0) is 14.3 Å². The fourth-order valence-electron chi connectivity index (χ4n) is 2.65. The summed E-state index contributed by atoms with van der Waals surface area (Å²) in [5, 5.41) is 4.80. The van der Waals surface area contributed by atoms with Crippen LogP contribution in [0.25, 0.3) is 0 Å². The first-order chi connectivity index (χ1) is 10.7. The second-order valence-corrected chi connectivity index (χ2v) is 6.14. The number of anilines is 1. The van der Waals surface area contributed by atoms with Crippen molar-refractivity contribution >= 4 is 17.5 Å². The van der Waals surface area contributed by atoms with Gasteiger partial charge in [0.25, 0.3) is 0 Å². The molecule has 2 amide bonds. The molecule has 1 aliphatic carbocycles. The molecule has 7 heteroatoms. The number of hydrogen-bond donors (Lipinski definition) is 2. The van der Waals surface area contributed by atoms with E-state index in [2.05, 4.69) is 10.6 Å². The predicted molar refractivity (Wildman–Crippen MR) is 80.7 cm³/mol. The van der Waals surface area contributed by atoms with Crippen molar-refractivity contribution in [3.8, 4) is 0 Å². The second kappa shape index (κ2) is 6.62. The number of carbonyl (C=O) groups is 2. The molecule has 23 heavy (non-hydrogen) atoms. The number of hydrogen-bond acceptors (Lipinski definition) is 3. The fraction of sp³-hybridized carbons (Fsp3) is 0.500. The lowest BCUT2D eigenvalue weighted by Gasteiger charge is -2.51. The molecule has 1 aromatic rings. The highest BCUT2D eigenvalue weighted by atomic mass is 19.1. The normalized spacial score (nSPS) is 22.1. The van der Waals surface area contributed by atoms with Crippen molar-refractivity contribution in [3.63, 3.8) is 0 Å². The maximum atomic E-state index is 13.1. The van der Waals surface area contributed by atoms with E-state index in [-0.39, 0.29) is 23.2 Å². The minimum atomic E-state index is -0.967. The van der Waals surface area contributed by atoms with Crippen molar-refractivity contribution in [3.05, 3.63) is 29.8 Å². The van der Waals surface area contributed by atoms with E-state index in [4.69, 9.17) is 4.74 Å². The highest BCUT2D eigenvalue weighted by molar-refractivity contribution is 6.39. The molecule has 0 radical (unpaired) electrons. The van der Waals surface area contributed by atoms with Gasteiger partial charge in [-0.2, -0.15) is 0 Å². The Balaban J connectivity index is 1.92. The Morgan fingerprint density at radius 2 is 1.83 bits per heavy atom. The van der Waals surface area contributed by atoms with Gasteiger partial charge in [0.15, 0.2) is 0 Å². The lowest BCUT2D eigenvalue weighted by Crippen LogP contribution is -2.63. The summed E-state index contributed by atoms with van der Waals surface area (Å²) in [6.45, 7) is 6.37. The van der Waals surface area contributed by atoms with Crippen LogP contribution in [0, 0.1) is 17.0 Å². The van der Waals surface area contributed by atoms with Crippen LogP contribution < -0.4 is 10.6 Å². The molecule has 0 aromatic heterocycles. The highest BCUT2D eigenvalue weighted by Crippen LogP contribution is 2.42. The minimum Gasteiger partial charge on any atom is -0.378 e. The zero-order chi connectivity index (χ0) is 17.2. The van der Waals surface area contributed by atoms with E-state index in [9.17, 15) is 18.4 Å². The predicted octanol–water partition coefficient (Wildman–Crippen LogP) is 2.22. The number of benzene rings is 1. The summed E-state index contributed by atoms with van der Waals surface area (Å²) < 4.78 is 31.7. The number of rotatable bonds is 4. The Kier molecular flexibility index (Phi) is 4.99. The van der Waals surface area contributed by atoms with Gasteiger partial charge in [-0.3, -0.25) is 9.59 Å². The van der Waals surface area contributed by atoms with Crippen LogP contribution in [0.3, 0.4) is 0 Å². The standard InChI is InChI=1S/C16H20F2N2O3/c1-4-23-13-8-12(16(13,2)3)20-15(22)14(21)19-11-6-9(17)5-10(18)7-11/h5-7,12-13H,4,8H2,1-3H3,(H,19,21)(H,20,22)/t12-,13+/m1/s1. The summed E-state index contributed by atoms with van der Waals surface area (Å²) in [6.07, 6.45) is 0.646. The first kappa shape index (κ1) is 17.3. The van der Waals surface area contributed by atoms with Crippen LogP contribution in [-0.4, -0.2) is 30.6 Å². The van der Waals surface area contributed by atoms with Crippen LogP contribution in [0.5, 0.6) is 0 Å². The van der Waals surface area contributed by atoms with E-state index >= 15 is 0 Å². The average molecular weight is 326 g/mol. The van der Waals surface area contributed by atoms with Gasteiger partial charge in [0, 0.05) is 29.8 Å². The molecule has 1 fully saturated rings. The number of halogens is 2. The van der Waals surface area contributed by atoms with Gasteiger partial charge in [-0.15, -0.1) is 0 Å². The molecule has 0 unspecified atom stereocenters. The molecule has 2 N–H and O–H groups in total. The Bertz CT molecular complexity index is 599. The molecule has 5 nitrogen and oxygen atoms in total. The molecule has 126 valence electrons. The van der Waals surface area contributed by atoms with E-state index in [1.54, 1.807) is 0 Å². The Morgan fingerprint density at radius 3 is 2.35 bits per heavy atom. The third-order valence-corrected chi connectivity index (χ3v) is 4.18. The number of amides is 2. The van der Waals surface area contributed by atoms with Crippen LogP contribution in [0.2, 0.25) is 0 Å². The summed E-state index contributed by atoms with van der Waals surface area (Å²) >= 11 is 0. The van der Waals surface area contributed by atoms with E-state index in [0.717, 1.165) is 12.1 Å². The Hall–Kier alpha value is -2.02. The van der Waals surface area contributed by atoms with Gasteiger partial charge in [-0.1, -0.05) is 13.8 Å². The Morgan fingerprint density at radius 1 is 1.22 bits per heavy atom. The number of carbonyl (C=O) groups excluding carboxylic acids is 2. The zero-order valence-electron chi connectivity index (χ0n) is 13.3. The lowest BCUT2D eigenvalue weighted by molar-refractivity contribution is -0.144. The van der Waals surface area contributed by atoms with Gasteiger partial charge in [-0.25, -0.2) is 8.78 Å². The first-order valence-electron chi connectivity index (χ1n) is 7.43. The highest BCUT2D eigenvalue weighted by Gasteiger charge is 2.49. The molecule has 0 bridgehead atoms. The summed E-state index contributed by atoms with van der Waals surface area (Å²) in [5.74, 6) is -3.48. The largest absolute Gasteiger partial charge is 0.378 e. The molecule has 0 aliphatic heterocycles. The second-order valence-electron chi connectivity index (χ2n) is 6.14. The van der Waals surface area contributed by atoms with Crippen LogP contribution in [0.4, 0.5) is 14.5 Å². The van der Waals surface area contributed by atoms with Gasteiger partial charge in [-0.05, 0) is 25.5 Å². The number of ether oxygens (including phenoxy) is 1. The first-order valence-corrected chi connectivity index (χ1v) is 7.43. The van der Waals surface area contributed by atoms with Crippen molar-refractivity contribution < 1.29 is 23.1 Å². The molecular weight excluding hydrogens is 306 g/mol. The molecule has 0 saturated heterocycles. The smallest absolute Gasteiger partial charge is 0.313 e. The van der Waals surface area contributed by atoms with Gasteiger partial charge < -0.3 is 15.4 Å². The summed E-state index contributed by atoms with van der Waals surface area (Å²) in [7, 11) is 0. The lowest BCUT2D eigenvalue weighted by atomic mass is 9.64. The van der Waals surface area contributed by atoms with Gasteiger partial charge in [0.1, 0.15) is 11.6 Å². The number of nitrogens with one attached hydrogen (secondary N) is 2. The average Bonchev–Trinajstić information content (AvgIpc) is 2.44. The van der Waals surface area contributed by atoms with E-state index in [1.165, 1.54) is 0 Å². The fourth-order valence-corrected chi connectivity index (χ4v) is 2.65. The van der Waals surface area contributed by atoms with Gasteiger partial charge >= 0.3 is 11.8 Å². The molecule has 0 heterocycles. The van der Waals surface area contributed by atoms with Crippen LogP contribution in [0.15, 0.2) is 18.2 Å². The third-order valence-electron chi connectivity index (χ3n) is 4.18. The summed E-state index contributed by atoms with van der Waals surface area (Å²) in [4.78, 5) is 23.8. The van der Waals surface area contributed by atoms with E-state index in [0.29, 0.717) is 19.1 Å². The molecule has 2 atom stereocenters. The molecule has 0 spiro atoms. The monoisotopic (exact) mass is 326 g/mol. The van der Waals surface area contributed by atoms with Crippen LogP contribution >= 0.6 is 0 Å². The zero-order valence-corrected chi connectivity index (χ0v) is 13.3. The van der Waals surface area contributed by atoms with Crippen molar-refractivity contribution in [1.82, 2.24) is 5.32 Å². The van der Waals surface area contributed by atoms with E-state index in [1.807, 2.05) is 20.8 Å². The van der Waals surface area contributed by atoms with Crippen molar-refractivity contribution in [2.24, 2.45) is 5.41 Å². The topological polar surface area (TPSA) is 67.4 Å². The Labute approximate surface area is 133 Å². The third kappa shape index (κ3) is 3.85. The van der Waals surface area contributed by atoms with E-state index < -0.39 is 23.4 Å². The molecule has 1 saturated carbocycles. The summed E-state index contributed by atoms with van der Waals surface area (Å²) in [6, 6.07) is 2.36. The molecular formula is C16H20F2N2O3. The van der Waals surface area contributed by atoms with Crippen molar-refractivity contribution in [2.45, 2.75) is 39.3 Å². The maximum Gasteiger partial charge on any atom is 0.313 e.